The number of nitrogens with one attached hydrogen (secondary N) is 1. The molecule has 0 spiro atoms. The average molecular weight is 374 g/mol. The highest BCUT2D eigenvalue weighted by atomic mass is 35.5. The summed E-state index contributed by atoms with van der Waals surface area (Å²) in [5.41, 5.74) is 2.82. The van der Waals surface area contributed by atoms with E-state index in [1.54, 1.807) is 13.2 Å². The average Bonchev–Trinajstić information content (AvgIpc) is 3.05. The molecule has 2 heterocycles. The molecule has 0 aliphatic rings. The number of ether oxygens (including phenoxy) is 1. The van der Waals surface area contributed by atoms with Gasteiger partial charge < -0.3 is 15.0 Å². The Morgan fingerprint density at radius 1 is 1.35 bits per heavy atom. The van der Waals surface area contributed by atoms with Gasteiger partial charge in [0.1, 0.15) is 5.75 Å². The number of halogens is 1. The number of hydrogen-bond donors (Lipinski definition) is 1. The summed E-state index contributed by atoms with van der Waals surface area (Å²) in [6.45, 7) is 3.02. The van der Waals surface area contributed by atoms with Gasteiger partial charge in [0.25, 0.3) is 5.91 Å². The van der Waals surface area contributed by atoms with Crippen LogP contribution in [0.2, 0.25) is 5.15 Å². The van der Waals surface area contributed by atoms with E-state index in [4.69, 9.17) is 16.3 Å². The molecule has 0 radical (unpaired) electrons. The lowest BCUT2D eigenvalue weighted by Crippen LogP contribution is -2.25. The normalized spacial score (nSPS) is 10.8. The maximum Gasteiger partial charge on any atom is 0.271 e. The molecule has 26 heavy (non-hydrogen) atoms. The zero-order valence-corrected chi connectivity index (χ0v) is 15.6. The van der Waals surface area contributed by atoms with Crippen molar-refractivity contribution in [1.29, 1.82) is 0 Å². The van der Waals surface area contributed by atoms with Crippen molar-refractivity contribution >= 4 is 28.8 Å². The summed E-state index contributed by atoms with van der Waals surface area (Å²) < 4.78 is 6.67. The SMILES string of the molecule is CCNC(=O)c1cnc2c(N(C)Cc3ccc(OC)cc3)cc(Cl)nn12. The van der Waals surface area contributed by atoms with E-state index in [1.807, 2.05) is 43.1 Å². The topological polar surface area (TPSA) is 71.8 Å². The predicted octanol–water partition coefficient (Wildman–Crippen LogP) is 2.78. The Labute approximate surface area is 156 Å². The number of carbonyl (C=O) groups is 1. The van der Waals surface area contributed by atoms with E-state index < -0.39 is 0 Å². The first kappa shape index (κ1) is 18.0. The molecule has 0 saturated carbocycles. The van der Waals surface area contributed by atoms with Gasteiger partial charge in [0.15, 0.2) is 16.5 Å². The molecule has 7 nitrogen and oxygen atoms in total. The van der Waals surface area contributed by atoms with E-state index in [-0.39, 0.29) is 11.1 Å². The first-order valence-electron chi connectivity index (χ1n) is 8.20. The van der Waals surface area contributed by atoms with Crippen LogP contribution in [0.3, 0.4) is 0 Å². The van der Waals surface area contributed by atoms with Gasteiger partial charge in [-0.25, -0.2) is 9.50 Å². The summed E-state index contributed by atoms with van der Waals surface area (Å²) in [5, 5.41) is 7.27. The molecule has 0 saturated heterocycles. The number of aromatic nitrogens is 3. The number of imidazole rings is 1. The first-order chi connectivity index (χ1) is 12.5. The molecule has 0 fully saturated rings. The molecule has 8 heteroatoms. The smallest absolute Gasteiger partial charge is 0.271 e. The molecule has 0 aliphatic heterocycles. The van der Waals surface area contributed by atoms with Crippen LogP contribution in [0, 0.1) is 0 Å². The second-order valence-electron chi connectivity index (χ2n) is 5.79. The van der Waals surface area contributed by atoms with Crippen LogP contribution in [-0.4, -0.2) is 41.2 Å². The third kappa shape index (κ3) is 3.57. The highest BCUT2D eigenvalue weighted by molar-refractivity contribution is 6.29. The van der Waals surface area contributed by atoms with Crippen LogP contribution in [0.1, 0.15) is 23.0 Å². The fraction of sp³-hybridized carbons (Fsp3) is 0.278. The number of rotatable bonds is 6. The van der Waals surface area contributed by atoms with E-state index in [2.05, 4.69) is 15.4 Å². The monoisotopic (exact) mass is 373 g/mol. The van der Waals surface area contributed by atoms with Crippen molar-refractivity contribution in [2.45, 2.75) is 13.5 Å². The number of carbonyl (C=O) groups excluding carboxylic acids is 1. The second kappa shape index (κ2) is 7.61. The minimum atomic E-state index is -0.237. The number of methoxy groups -OCH3 is 1. The lowest BCUT2D eigenvalue weighted by atomic mass is 10.2. The van der Waals surface area contributed by atoms with Crippen molar-refractivity contribution in [2.75, 3.05) is 25.6 Å². The molecule has 136 valence electrons. The summed E-state index contributed by atoms with van der Waals surface area (Å²) in [6.07, 6.45) is 1.51. The molecule has 0 aliphatic carbocycles. The summed E-state index contributed by atoms with van der Waals surface area (Å²) in [6, 6.07) is 9.58. The minimum Gasteiger partial charge on any atom is -0.497 e. The van der Waals surface area contributed by atoms with Crippen LogP contribution in [0.25, 0.3) is 5.65 Å². The molecule has 0 bridgehead atoms. The second-order valence-corrected chi connectivity index (χ2v) is 6.18. The molecule has 1 N–H and O–H groups in total. The minimum absolute atomic E-state index is 0.237. The lowest BCUT2D eigenvalue weighted by molar-refractivity contribution is 0.0949. The number of hydrogen-bond acceptors (Lipinski definition) is 5. The molecule has 0 atom stereocenters. The van der Waals surface area contributed by atoms with Gasteiger partial charge in [-0.05, 0) is 24.6 Å². The van der Waals surface area contributed by atoms with Gasteiger partial charge in [0.2, 0.25) is 0 Å². The van der Waals surface area contributed by atoms with Crippen molar-refractivity contribution in [2.24, 2.45) is 0 Å². The highest BCUT2D eigenvalue weighted by Crippen LogP contribution is 2.25. The van der Waals surface area contributed by atoms with Crippen molar-refractivity contribution < 1.29 is 9.53 Å². The molecule has 2 aromatic heterocycles. The van der Waals surface area contributed by atoms with Gasteiger partial charge in [-0.3, -0.25) is 4.79 Å². The third-order valence-corrected chi connectivity index (χ3v) is 4.16. The predicted molar refractivity (Wildman–Crippen MR) is 101 cm³/mol. The standard InChI is InChI=1S/C18H20ClN5O2/c1-4-20-18(25)15-10-21-17-14(9-16(19)22-24(15)17)23(2)11-12-5-7-13(26-3)8-6-12/h5-10H,4,11H2,1-3H3,(H,20,25). The quantitative estimate of drug-likeness (QED) is 0.719. The van der Waals surface area contributed by atoms with Gasteiger partial charge in [0.05, 0.1) is 19.0 Å². The molecular weight excluding hydrogens is 354 g/mol. The molecular formula is C18H20ClN5O2. The Morgan fingerprint density at radius 2 is 2.08 bits per heavy atom. The molecule has 1 aromatic carbocycles. The van der Waals surface area contributed by atoms with Gasteiger partial charge in [-0.15, -0.1) is 0 Å². The zero-order chi connectivity index (χ0) is 18.7. The summed E-state index contributed by atoms with van der Waals surface area (Å²) in [4.78, 5) is 18.6. The zero-order valence-electron chi connectivity index (χ0n) is 14.9. The van der Waals surface area contributed by atoms with E-state index in [0.717, 1.165) is 17.0 Å². The number of anilines is 1. The summed E-state index contributed by atoms with van der Waals surface area (Å²) >= 11 is 6.19. The molecule has 3 aromatic rings. The maximum atomic E-state index is 12.2. The van der Waals surface area contributed by atoms with E-state index in [1.165, 1.54) is 10.7 Å². The Bertz CT molecular complexity index is 923. The summed E-state index contributed by atoms with van der Waals surface area (Å²) in [5.74, 6) is 0.573. The third-order valence-electron chi connectivity index (χ3n) is 3.98. The van der Waals surface area contributed by atoms with E-state index >= 15 is 0 Å². The Kier molecular flexibility index (Phi) is 5.27. The number of benzene rings is 1. The van der Waals surface area contributed by atoms with Crippen LogP contribution < -0.4 is 15.0 Å². The lowest BCUT2D eigenvalue weighted by Gasteiger charge is -2.20. The van der Waals surface area contributed by atoms with Crippen LogP contribution in [0.4, 0.5) is 5.69 Å². The molecule has 3 rings (SSSR count). The van der Waals surface area contributed by atoms with Crippen molar-refractivity contribution in [3.63, 3.8) is 0 Å². The maximum absolute atomic E-state index is 12.2. The Morgan fingerprint density at radius 3 is 2.73 bits per heavy atom. The van der Waals surface area contributed by atoms with Crippen LogP contribution >= 0.6 is 11.6 Å². The largest absolute Gasteiger partial charge is 0.497 e. The fourth-order valence-corrected chi connectivity index (χ4v) is 2.88. The highest BCUT2D eigenvalue weighted by Gasteiger charge is 2.18. The van der Waals surface area contributed by atoms with E-state index in [0.29, 0.717) is 24.4 Å². The van der Waals surface area contributed by atoms with Gasteiger partial charge >= 0.3 is 0 Å². The van der Waals surface area contributed by atoms with E-state index in [9.17, 15) is 4.79 Å². The van der Waals surface area contributed by atoms with Crippen molar-refractivity contribution in [1.82, 2.24) is 19.9 Å². The molecule has 0 unspecified atom stereocenters. The number of amides is 1. The van der Waals surface area contributed by atoms with Crippen molar-refractivity contribution in [3.8, 4) is 5.75 Å². The molecule has 1 amide bonds. The first-order valence-corrected chi connectivity index (χ1v) is 8.57. The number of fused-ring (bicyclic) bond motifs is 1. The van der Waals surface area contributed by atoms with Crippen LogP contribution in [-0.2, 0) is 6.54 Å². The summed E-state index contributed by atoms with van der Waals surface area (Å²) in [7, 11) is 3.58. The van der Waals surface area contributed by atoms with Crippen molar-refractivity contribution in [3.05, 3.63) is 52.9 Å². The van der Waals surface area contributed by atoms with Crippen LogP contribution in [0.15, 0.2) is 36.5 Å². The fourth-order valence-electron chi connectivity index (χ4n) is 2.70. The van der Waals surface area contributed by atoms with Gasteiger partial charge in [-0.1, -0.05) is 23.7 Å². The Balaban J connectivity index is 1.94. The number of nitrogens with zero attached hydrogens (tertiary/aromatic N) is 4. The van der Waals surface area contributed by atoms with Crippen LogP contribution in [0.5, 0.6) is 5.75 Å². The van der Waals surface area contributed by atoms with Gasteiger partial charge in [0, 0.05) is 26.2 Å². The van der Waals surface area contributed by atoms with Gasteiger partial charge in [-0.2, -0.15) is 5.10 Å². The Hall–Kier alpha value is -2.80.